The van der Waals surface area contributed by atoms with E-state index in [1.54, 1.807) is 18.2 Å². The molecule has 0 atom stereocenters. The van der Waals surface area contributed by atoms with E-state index >= 15 is 0 Å². The van der Waals surface area contributed by atoms with Crippen molar-refractivity contribution in [1.29, 1.82) is 5.26 Å². The first-order chi connectivity index (χ1) is 9.10. The van der Waals surface area contributed by atoms with Crippen LogP contribution < -0.4 is 10.6 Å². The third-order valence-electron chi connectivity index (χ3n) is 2.26. The Kier molecular flexibility index (Phi) is 3.73. The molecule has 2 aromatic rings. The van der Waals surface area contributed by atoms with Crippen molar-refractivity contribution >= 4 is 38.5 Å². The summed E-state index contributed by atoms with van der Waals surface area (Å²) in [5.74, 6) is -0.496. The van der Waals surface area contributed by atoms with E-state index in [0.717, 1.165) is 4.70 Å². The first kappa shape index (κ1) is 13.0. The SMILES string of the molecule is CC(=O)Nc1nc2ccc(C(=O)NCC#N)cc2s1. The minimum atomic E-state index is -0.307. The zero-order chi connectivity index (χ0) is 13.8. The van der Waals surface area contributed by atoms with Gasteiger partial charge in [0.2, 0.25) is 5.91 Å². The third-order valence-corrected chi connectivity index (χ3v) is 3.20. The summed E-state index contributed by atoms with van der Waals surface area (Å²) in [6, 6.07) is 6.87. The number of amides is 2. The molecular weight excluding hydrogens is 264 g/mol. The fourth-order valence-corrected chi connectivity index (χ4v) is 2.44. The van der Waals surface area contributed by atoms with E-state index in [2.05, 4.69) is 15.6 Å². The fourth-order valence-electron chi connectivity index (χ4n) is 1.49. The molecule has 0 aliphatic heterocycles. The summed E-state index contributed by atoms with van der Waals surface area (Å²) in [7, 11) is 0. The quantitative estimate of drug-likeness (QED) is 0.829. The van der Waals surface area contributed by atoms with Crippen LogP contribution in [0.4, 0.5) is 5.13 Å². The van der Waals surface area contributed by atoms with Crippen LogP contribution in [0.1, 0.15) is 17.3 Å². The lowest BCUT2D eigenvalue weighted by Gasteiger charge is -1.99. The summed E-state index contributed by atoms with van der Waals surface area (Å²) in [6.07, 6.45) is 0. The molecule has 2 amide bonds. The molecule has 0 saturated heterocycles. The van der Waals surface area contributed by atoms with Crippen LogP contribution in [0.2, 0.25) is 0 Å². The maximum Gasteiger partial charge on any atom is 0.252 e. The zero-order valence-electron chi connectivity index (χ0n) is 10.1. The van der Waals surface area contributed by atoms with Gasteiger partial charge in [-0.1, -0.05) is 11.3 Å². The summed E-state index contributed by atoms with van der Waals surface area (Å²) in [5, 5.41) is 14.0. The van der Waals surface area contributed by atoms with Gasteiger partial charge in [-0.25, -0.2) is 4.98 Å². The summed E-state index contributed by atoms with van der Waals surface area (Å²) >= 11 is 1.29. The highest BCUT2D eigenvalue weighted by atomic mass is 32.1. The Morgan fingerprint density at radius 2 is 2.26 bits per heavy atom. The molecule has 96 valence electrons. The number of anilines is 1. The highest BCUT2D eigenvalue weighted by molar-refractivity contribution is 7.22. The number of hydrogen-bond acceptors (Lipinski definition) is 5. The molecular formula is C12H10N4O2S. The number of thiazole rings is 1. The number of carbonyl (C=O) groups excluding carboxylic acids is 2. The minimum Gasteiger partial charge on any atom is -0.339 e. The number of nitrogens with one attached hydrogen (secondary N) is 2. The van der Waals surface area contributed by atoms with Crippen LogP contribution in [0.3, 0.4) is 0 Å². The van der Waals surface area contributed by atoms with Crippen molar-refractivity contribution in [2.24, 2.45) is 0 Å². The number of benzene rings is 1. The smallest absolute Gasteiger partial charge is 0.252 e. The highest BCUT2D eigenvalue weighted by Crippen LogP contribution is 2.26. The number of fused-ring (bicyclic) bond motifs is 1. The summed E-state index contributed by atoms with van der Waals surface area (Å²) in [4.78, 5) is 26.8. The van der Waals surface area contributed by atoms with Crippen molar-refractivity contribution < 1.29 is 9.59 Å². The molecule has 0 aliphatic carbocycles. The second-order valence-electron chi connectivity index (χ2n) is 3.72. The van der Waals surface area contributed by atoms with Gasteiger partial charge in [0.1, 0.15) is 6.54 Å². The van der Waals surface area contributed by atoms with Crippen LogP contribution >= 0.6 is 11.3 Å². The lowest BCUT2D eigenvalue weighted by atomic mass is 10.2. The lowest BCUT2D eigenvalue weighted by Crippen LogP contribution is -2.23. The van der Waals surface area contributed by atoms with Crippen LogP contribution in [0.5, 0.6) is 0 Å². The number of nitriles is 1. The van der Waals surface area contributed by atoms with E-state index in [4.69, 9.17) is 5.26 Å². The van der Waals surface area contributed by atoms with Gasteiger partial charge in [-0.15, -0.1) is 0 Å². The van der Waals surface area contributed by atoms with Crippen LogP contribution in [0, 0.1) is 11.3 Å². The monoisotopic (exact) mass is 274 g/mol. The molecule has 1 heterocycles. The molecule has 0 radical (unpaired) electrons. The van der Waals surface area contributed by atoms with Crippen LogP contribution in [-0.2, 0) is 4.79 Å². The zero-order valence-corrected chi connectivity index (χ0v) is 10.9. The Balaban J connectivity index is 2.27. The Hall–Kier alpha value is -2.46. The summed E-state index contributed by atoms with van der Waals surface area (Å²) in [5.41, 5.74) is 1.17. The van der Waals surface area contributed by atoms with Gasteiger partial charge in [0.05, 0.1) is 16.3 Å². The number of rotatable bonds is 3. The second-order valence-corrected chi connectivity index (χ2v) is 4.75. The molecule has 6 nitrogen and oxygen atoms in total. The molecule has 2 rings (SSSR count). The average Bonchev–Trinajstić information content (AvgIpc) is 2.75. The van der Waals surface area contributed by atoms with E-state index in [0.29, 0.717) is 16.2 Å². The van der Waals surface area contributed by atoms with Crippen LogP contribution in [0.25, 0.3) is 10.2 Å². The molecule has 1 aromatic carbocycles. The molecule has 0 aliphatic rings. The predicted octanol–water partition coefficient (Wildman–Crippen LogP) is 1.51. The van der Waals surface area contributed by atoms with E-state index in [9.17, 15) is 9.59 Å². The van der Waals surface area contributed by atoms with E-state index in [-0.39, 0.29) is 18.4 Å². The molecule has 7 heteroatoms. The number of aromatic nitrogens is 1. The first-order valence-corrected chi connectivity index (χ1v) is 6.25. The van der Waals surface area contributed by atoms with Gasteiger partial charge in [0.25, 0.3) is 5.91 Å². The van der Waals surface area contributed by atoms with Crippen molar-refractivity contribution in [2.45, 2.75) is 6.92 Å². The fraction of sp³-hybridized carbons (Fsp3) is 0.167. The van der Waals surface area contributed by atoms with Gasteiger partial charge in [-0.3, -0.25) is 9.59 Å². The van der Waals surface area contributed by atoms with Gasteiger partial charge in [-0.05, 0) is 18.2 Å². The van der Waals surface area contributed by atoms with Crippen molar-refractivity contribution in [1.82, 2.24) is 10.3 Å². The predicted molar refractivity (Wildman–Crippen MR) is 71.9 cm³/mol. The Morgan fingerprint density at radius 3 is 2.95 bits per heavy atom. The van der Waals surface area contributed by atoms with E-state index in [1.807, 2.05) is 6.07 Å². The first-order valence-electron chi connectivity index (χ1n) is 5.43. The number of nitrogens with zero attached hydrogens (tertiary/aromatic N) is 2. The Labute approximate surface area is 113 Å². The van der Waals surface area contributed by atoms with Gasteiger partial charge in [0, 0.05) is 12.5 Å². The van der Waals surface area contributed by atoms with Gasteiger partial charge in [-0.2, -0.15) is 5.26 Å². The van der Waals surface area contributed by atoms with Gasteiger partial charge < -0.3 is 10.6 Å². The topological polar surface area (TPSA) is 94.9 Å². The molecule has 0 spiro atoms. The average molecular weight is 274 g/mol. The molecule has 0 bridgehead atoms. The minimum absolute atomic E-state index is 0.0310. The Bertz CT molecular complexity index is 687. The van der Waals surface area contributed by atoms with Crippen molar-refractivity contribution in [3.05, 3.63) is 23.8 Å². The molecule has 2 N–H and O–H groups in total. The molecule has 0 saturated carbocycles. The second kappa shape index (κ2) is 5.46. The summed E-state index contributed by atoms with van der Waals surface area (Å²) < 4.78 is 0.799. The van der Waals surface area contributed by atoms with Crippen molar-refractivity contribution in [2.75, 3.05) is 11.9 Å². The normalized spacial score (nSPS) is 9.89. The number of hydrogen-bond donors (Lipinski definition) is 2. The largest absolute Gasteiger partial charge is 0.339 e. The lowest BCUT2D eigenvalue weighted by molar-refractivity contribution is -0.114. The van der Waals surface area contributed by atoms with E-state index in [1.165, 1.54) is 18.3 Å². The molecule has 19 heavy (non-hydrogen) atoms. The van der Waals surface area contributed by atoms with Crippen LogP contribution in [-0.4, -0.2) is 23.3 Å². The van der Waals surface area contributed by atoms with Crippen molar-refractivity contribution in [3.63, 3.8) is 0 Å². The Morgan fingerprint density at radius 1 is 1.47 bits per heavy atom. The van der Waals surface area contributed by atoms with E-state index < -0.39 is 0 Å². The number of carbonyl (C=O) groups is 2. The molecule has 0 unspecified atom stereocenters. The maximum absolute atomic E-state index is 11.7. The standard InChI is InChI=1S/C12H10N4O2S/c1-7(17)15-12-16-9-3-2-8(6-10(9)19-12)11(18)14-5-4-13/h2-3,6H,5H2,1H3,(H,14,18)(H,15,16,17). The molecule has 0 fully saturated rings. The van der Waals surface area contributed by atoms with Crippen LogP contribution in [0.15, 0.2) is 18.2 Å². The highest BCUT2D eigenvalue weighted by Gasteiger charge is 2.09. The summed E-state index contributed by atoms with van der Waals surface area (Å²) in [6.45, 7) is 1.38. The van der Waals surface area contributed by atoms with Gasteiger partial charge >= 0.3 is 0 Å². The van der Waals surface area contributed by atoms with Crippen molar-refractivity contribution in [3.8, 4) is 6.07 Å². The molecule has 1 aromatic heterocycles. The maximum atomic E-state index is 11.7. The third kappa shape index (κ3) is 3.05. The van der Waals surface area contributed by atoms with Gasteiger partial charge in [0.15, 0.2) is 5.13 Å².